The second-order valence-electron chi connectivity index (χ2n) is 5.65. The third kappa shape index (κ3) is 2.78. The number of β-amino-alcohol motifs (C(OH)–C–C–N with tert-alkyl or cyclic N) is 1. The van der Waals surface area contributed by atoms with Crippen molar-refractivity contribution in [2.45, 2.75) is 38.2 Å². The predicted molar refractivity (Wildman–Crippen MR) is 71.2 cm³/mol. The van der Waals surface area contributed by atoms with Crippen molar-refractivity contribution in [2.24, 2.45) is 0 Å². The number of carbonyl (C=O) groups excluding carboxylic acids is 1. The molecule has 0 saturated carbocycles. The smallest absolute Gasteiger partial charge is 0.232 e. The molecule has 1 amide bonds. The Morgan fingerprint density at radius 1 is 1.42 bits per heavy atom. The Morgan fingerprint density at radius 3 is 2.74 bits per heavy atom. The number of aliphatic hydroxyl groups is 1. The number of benzene rings is 1. The zero-order valence-electron chi connectivity index (χ0n) is 11.4. The monoisotopic (exact) mass is 265 g/mol. The van der Waals surface area contributed by atoms with Gasteiger partial charge in [-0.25, -0.2) is 4.39 Å². The first-order chi connectivity index (χ1) is 8.93. The molecule has 1 atom stereocenters. The molecule has 1 aliphatic heterocycles. The van der Waals surface area contributed by atoms with Gasteiger partial charge < -0.3 is 10.0 Å². The fraction of sp³-hybridized carbons (Fsp3) is 0.533. The molecule has 0 aliphatic carbocycles. The number of aliphatic hydroxyl groups excluding tert-OH is 1. The number of carbonyl (C=O) groups is 1. The number of halogens is 1. The Hall–Kier alpha value is -1.42. The van der Waals surface area contributed by atoms with E-state index < -0.39 is 11.5 Å². The molecular weight excluding hydrogens is 245 g/mol. The largest absolute Gasteiger partial charge is 0.391 e. The van der Waals surface area contributed by atoms with Gasteiger partial charge in [0.15, 0.2) is 0 Å². The lowest BCUT2D eigenvalue weighted by molar-refractivity contribution is -0.139. The van der Waals surface area contributed by atoms with Crippen LogP contribution in [0.5, 0.6) is 0 Å². The maximum Gasteiger partial charge on any atom is 0.232 e. The molecule has 104 valence electrons. The van der Waals surface area contributed by atoms with Crippen LogP contribution in [0.1, 0.15) is 32.3 Å². The molecule has 0 radical (unpaired) electrons. The fourth-order valence-corrected chi connectivity index (χ4v) is 2.62. The molecule has 19 heavy (non-hydrogen) atoms. The highest BCUT2D eigenvalue weighted by Crippen LogP contribution is 2.29. The first-order valence-electron chi connectivity index (χ1n) is 6.65. The van der Waals surface area contributed by atoms with E-state index in [1.165, 1.54) is 6.07 Å². The van der Waals surface area contributed by atoms with E-state index >= 15 is 0 Å². The Balaban J connectivity index is 2.24. The maximum atomic E-state index is 13.9. The Bertz CT molecular complexity index is 473. The quantitative estimate of drug-likeness (QED) is 0.889. The number of nitrogens with zero attached hydrogens (tertiary/aromatic N) is 1. The normalized spacial score (nSPS) is 20.4. The molecule has 2 rings (SSSR count). The topological polar surface area (TPSA) is 40.5 Å². The molecule has 1 fully saturated rings. The van der Waals surface area contributed by atoms with E-state index in [0.717, 1.165) is 12.8 Å². The van der Waals surface area contributed by atoms with Crippen LogP contribution in [0.3, 0.4) is 0 Å². The Morgan fingerprint density at radius 2 is 2.11 bits per heavy atom. The van der Waals surface area contributed by atoms with Gasteiger partial charge in [0.1, 0.15) is 5.82 Å². The van der Waals surface area contributed by atoms with Crippen molar-refractivity contribution in [3.05, 3.63) is 35.6 Å². The molecular formula is C15H20FNO2. The van der Waals surface area contributed by atoms with Gasteiger partial charge in [0, 0.05) is 18.7 Å². The van der Waals surface area contributed by atoms with Gasteiger partial charge in [-0.05, 0) is 32.8 Å². The highest BCUT2D eigenvalue weighted by atomic mass is 19.1. The number of amides is 1. The van der Waals surface area contributed by atoms with Crippen LogP contribution in [0.2, 0.25) is 0 Å². The van der Waals surface area contributed by atoms with Crippen molar-refractivity contribution in [2.75, 3.05) is 13.1 Å². The molecule has 1 unspecified atom stereocenters. The summed E-state index contributed by atoms with van der Waals surface area (Å²) in [6.45, 7) is 4.44. The van der Waals surface area contributed by atoms with Crippen LogP contribution in [-0.2, 0) is 10.2 Å². The van der Waals surface area contributed by atoms with Crippen LogP contribution in [0.25, 0.3) is 0 Å². The van der Waals surface area contributed by atoms with Gasteiger partial charge >= 0.3 is 0 Å². The van der Waals surface area contributed by atoms with E-state index in [9.17, 15) is 14.3 Å². The standard InChI is InChI=1S/C15H20FNO2/c1-15(2,12-7-3-4-8-13(12)16)14(19)17-9-5-6-11(18)10-17/h3-4,7-8,11,18H,5-6,9-10H2,1-2H3. The molecule has 1 heterocycles. The molecule has 4 heteroatoms. The van der Waals surface area contributed by atoms with Gasteiger partial charge in [0.25, 0.3) is 0 Å². The minimum atomic E-state index is -0.914. The van der Waals surface area contributed by atoms with Crippen molar-refractivity contribution in [3.8, 4) is 0 Å². The lowest BCUT2D eigenvalue weighted by atomic mass is 9.82. The number of likely N-dealkylation sites (tertiary alicyclic amines) is 1. The summed E-state index contributed by atoms with van der Waals surface area (Å²) in [5.41, 5.74) is -0.511. The second-order valence-corrected chi connectivity index (χ2v) is 5.65. The number of hydrogen-bond acceptors (Lipinski definition) is 2. The highest BCUT2D eigenvalue weighted by molar-refractivity contribution is 5.87. The summed E-state index contributed by atoms with van der Waals surface area (Å²) in [6, 6.07) is 6.37. The van der Waals surface area contributed by atoms with Crippen molar-refractivity contribution in [1.82, 2.24) is 4.90 Å². The molecule has 1 saturated heterocycles. The number of piperidine rings is 1. The Kier molecular flexibility index (Phi) is 3.90. The molecule has 3 nitrogen and oxygen atoms in total. The third-order valence-corrected chi connectivity index (χ3v) is 3.77. The van der Waals surface area contributed by atoms with Gasteiger partial charge in [-0.15, -0.1) is 0 Å². The van der Waals surface area contributed by atoms with Crippen LogP contribution in [0.15, 0.2) is 24.3 Å². The van der Waals surface area contributed by atoms with E-state index in [1.54, 1.807) is 36.9 Å². The molecule has 0 aromatic heterocycles. The van der Waals surface area contributed by atoms with E-state index in [0.29, 0.717) is 18.7 Å². The maximum absolute atomic E-state index is 13.9. The summed E-state index contributed by atoms with van der Waals surface area (Å²) in [5, 5.41) is 9.65. The summed E-state index contributed by atoms with van der Waals surface area (Å²) in [6.07, 6.45) is 1.05. The first kappa shape index (κ1) is 14.0. The zero-order valence-corrected chi connectivity index (χ0v) is 11.4. The molecule has 1 N–H and O–H groups in total. The average molecular weight is 265 g/mol. The molecule has 0 bridgehead atoms. The van der Waals surface area contributed by atoms with E-state index in [2.05, 4.69) is 0 Å². The predicted octanol–water partition coefficient (Wildman–Crippen LogP) is 2.09. The summed E-state index contributed by atoms with van der Waals surface area (Å²) in [5.74, 6) is -0.491. The molecule has 1 aliphatic rings. The second kappa shape index (κ2) is 5.29. The van der Waals surface area contributed by atoms with Crippen LogP contribution in [-0.4, -0.2) is 35.1 Å². The molecule has 1 aromatic carbocycles. The van der Waals surface area contributed by atoms with Crippen LogP contribution in [0, 0.1) is 5.82 Å². The Labute approximate surface area is 113 Å². The van der Waals surface area contributed by atoms with Crippen LogP contribution in [0.4, 0.5) is 4.39 Å². The van der Waals surface area contributed by atoms with E-state index in [4.69, 9.17) is 0 Å². The zero-order chi connectivity index (χ0) is 14.0. The van der Waals surface area contributed by atoms with Crippen molar-refractivity contribution in [1.29, 1.82) is 0 Å². The molecule has 0 spiro atoms. The summed E-state index contributed by atoms with van der Waals surface area (Å²) in [7, 11) is 0. The summed E-state index contributed by atoms with van der Waals surface area (Å²) >= 11 is 0. The highest BCUT2D eigenvalue weighted by Gasteiger charge is 2.37. The van der Waals surface area contributed by atoms with Crippen LogP contribution < -0.4 is 0 Å². The van der Waals surface area contributed by atoms with Crippen LogP contribution >= 0.6 is 0 Å². The average Bonchev–Trinajstić information content (AvgIpc) is 2.38. The number of hydrogen-bond donors (Lipinski definition) is 1. The van der Waals surface area contributed by atoms with E-state index in [1.807, 2.05) is 0 Å². The fourth-order valence-electron chi connectivity index (χ4n) is 2.62. The number of rotatable bonds is 2. The summed E-state index contributed by atoms with van der Waals surface area (Å²) < 4.78 is 13.9. The minimum Gasteiger partial charge on any atom is -0.391 e. The van der Waals surface area contributed by atoms with Gasteiger partial charge in [-0.1, -0.05) is 18.2 Å². The SMILES string of the molecule is CC(C)(C(=O)N1CCCC(O)C1)c1ccccc1F. The van der Waals surface area contributed by atoms with Gasteiger partial charge in [-0.3, -0.25) is 4.79 Å². The van der Waals surface area contributed by atoms with Gasteiger partial charge in [-0.2, -0.15) is 0 Å². The first-order valence-corrected chi connectivity index (χ1v) is 6.65. The van der Waals surface area contributed by atoms with Gasteiger partial charge in [0.2, 0.25) is 5.91 Å². The van der Waals surface area contributed by atoms with Gasteiger partial charge in [0.05, 0.1) is 11.5 Å². The lowest BCUT2D eigenvalue weighted by Crippen LogP contribution is -2.49. The summed E-state index contributed by atoms with van der Waals surface area (Å²) in [4.78, 5) is 14.2. The molecule has 1 aromatic rings. The third-order valence-electron chi connectivity index (χ3n) is 3.77. The van der Waals surface area contributed by atoms with Crippen molar-refractivity contribution >= 4 is 5.91 Å². The van der Waals surface area contributed by atoms with Crippen molar-refractivity contribution < 1.29 is 14.3 Å². The minimum absolute atomic E-state index is 0.128. The van der Waals surface area contributed by atoms with Crippen molar-refractivity contribution in [3.63, 3.8) is 0 Å². The lowest BCUT2D eigenvalue weighted by Gasteiger charge is -2.36. The van der Waals surface area contributed by atoms with E-state index in [-0.39, 0.29) is 11.7 Å².